The minimum atomic E-state index is -1.05. The van der Waals surface area contributed by atoms with Crippen molar-refractivity contribution >= 4 is 22.9 Å². The molecule has 1 unspecified atom stereocenters. The maximum Gasteiger partial charge on any atom is 0.407 e. The van der Waals surface area contributed by atoms with Crippen molar-refractivity contribution in [1.29, 1.82) is 5.26 Å². The Morgan fingerprint density at radius 2 is 1.93 bits per heavy atom. The predicted molar refractivity (Wildman–Crippen MR) is 148 cm³/mol. The second-order valence-corrected chi connectivity index (χ2v) is 10.3. The first-order valence-electron chi connectivity index (χ1n) is 13.1. The number of piperazine rings is 1. The number of nitrogens with zero attached hydrogens (tertiary/aromatic N) is 7. The van der Waals surface area contributed by atoms with E-state index in [4.69, 9.17) is 0 Å². The van der Waals surface area contributed by atoms with Gasteiger partial charge in [-0.15, -0.1) is 0 Å². The van der Waals surface area contributed by atoms with E-state index in [9.17, 15) is 28.7 Å². The molecule has 1 saturated heterocycles. The van der Waals surface area contributed by atoms with E-state index < -0.39 is 23.4 Å². The van der Waals surface area contributed by atoms with E-state index in [0.717, 1.165) is 23.8 Å². The van der Waals surface area contributed by atoms with Crippen LogP contribution in [0.1, 0.15) is 43.5 Å². The summed E-state index contributed by atoms with van der Waals surface area (Å²) in [6.45, 7) is 8.08. The van der Waals surface area contributed by atoms with Crippen molar-refractivity contribution in [2.24, 2.45) is 0 Å². The van der Waals surface area contributed by atoms with Crippen molar-refractivity contribution in [2.75, 3.05) is 24.5 Å². The number of benzene rings is 1. The number of aryl methyl sites for hydroxylation is 1. The maximum atomic E-state index is 15.0. The number of amides is 1. The summed E-state index contributed by atoms with van der Waals surface area (Å²) in [4.78, 5) is 42.1. The maximum absolute atomic E-state index is 15.0. The molecule has 0 spiro atoms. The second-order valence-electron chi connectivity index (χ2n) is 10.3. The molecule has 1 atom stereocenters. The third-order valence-electron chi connectivity index (χ3n) is 7.25. The molecule has 10 nitrogen and oxygen atoms in total. The molecule has 1 amide bonds. The molecule has 0 saturated carbocycles. The molecular formula is C29H27F2N7O3. The molecule has 1 aliphatic rings. The van der Waals surface area contributed by atoms with Crippen LogP contribution in [-0.2, 0) is 0 Å². The number of nitriles is 1. The number of pyridine rings is 2. The monoisotopic (exact) mass is 559 g/mol. The molecule has 4 aromatic rings. The zero-order valence-electron chi connectivity index (χ0n) is 22.9. The largest absolute Gasteiger partial charge is 0.465 e. The van der Waals surface area contributed by atoms with Gasteiger partial charge in [0.15, 0.2) is 5.65 Å². The van der Waals surface area contributed by atoms with Crippen molar-refractivity contribution in [3.05, 3.63) is 75.5 Å². The highest BCUT2D eigenvalue weighted by Gasteiger charge is 2.31. The minimum absolute atomic E-state index is 0.0425. The Morgan fingerprint density at radius 1 is 1.17 bits per heavy atom. The molecule has 4 heterocycles. The molecule has 1 aliphatic heterocycles. The van der Waals surface area contributed by atoms with Gasteiger partial charge in [-0.25, -0.2) is 27.9 Å². The van der Waals surface area contributed by atoms with E-state index in [1.165, 1.54) is 15.5 Å². The number of rotatable bonds is 4. The van der Waals surface area contributed by atoms with Gasteiger partial charge >= 0.3 is 11.8 Å². The molecule has 0 bridgehead atoms. The number of carbonyl (C=O) groups is 1. The van der Waals surface area contributed by atoms with Crippen molar-refractivity contribution in [1.82, 2.24) is 24.4 Å². The smallest absolute Gasteiger partial charge is 0.407 e. The third-order valence-corrected chi connectivity index (χ3v) is 7.25. The Labute approximate surface area is 234 Å². The number of hydrogen-bond donors (Lipinski definition) is 1. The van der Waals surface area contributed by atoms with Gasteiger partial charge in [-0.1, -0.05) is 13.8 Å². The van der Waals surface area contributed by atoms with Crippen LogP contribution in [0.3, 0.4) is 0 Å². The molecule has 41 heavy (non-hydrogen) atoms. The fourth-order valence-corrected chi connectivity index (χ4v) is 5.25. The fraction of sp³-hybridized carbons (Fsp3) is 0.310. The van der Waals surface area contributed by atoms with E-state index in [0.29, 0.717) is 16.8 Å². The summed E-state index contributed by atoms with van der Waals surface area (Å²) in [5.41, 5.74) is 0.799. The van der Waals surface area contributed by atoms with Crippen molar-refractivity contribution in [3.63, 3.8) is 0 Å². The Morgan fingerprint density at radius 3 is 2.59 bits per heavy atom. The van der Waals surface area contributed by atoms with Crippen LogP contribution >= 0.6 is 0 Å². The Hall–Kier alpha value is -4.92. The van der Waals surface area contributed by atoms with Gasteiger partial charge in [0, 0.05) is 37.4 Å². The lowest BCUT2D eigenvalue weighted by molar-refractivity contribution is 0.136. The highest BCUT2D eigenvalue weighted by Crippen LogP contribution is 2.34. The average Bonchev–Trinajstić information content (AvgIpc) is 2.93. The van der Waals surface area contributed by atoms with Gasteiger partial charge in [-0.2, -0.15) is 10.2 Å². The number of hydrogen-bond acceptors (Lipinski definition) is 7. The number of halogens is 2. The lowest BCUT2D eigenvalue weighted by Gasteiger charge is -2.39. The number of aromatic nitrogens is 4. The van der Waals surface area contributed by atoms with Gasteiger partial charge in [-0.05, 0) is 55.7 Å². The predicted octanol–water partition coefficient (Wildman–Crippen LogP) is 4.61. The van der Waals surface area contributed by atoms with Crippen LogP contribution in [0.25, 0.3) is 28.0 Å². The number of fused-ring (bicyclic) bond motifs is 1. The van der Waals surface area contributed by atoms with E-state index in [2.05, 4.69) is 15.0 Å². The normalized spacial score (nSPS) is 15.4. The van der Waals surface area contributed by atoms with E-state index in [1.807, 2.05) is 33.8 Å². The van der Waals surface area contributed by atoms with Gasteiger partial charge in [0.2, 0.25) is 0 Å². The molecule has 1 aromatic carbocycles. The van der Waals surface area contributed by atoms with E-state index in [-0.39, 0.29) is 59.9 Å². The van der Waals surface area contributed by atoms with Crippen LogP contribution < -0.4 is 10.6 Å². The number of anilines is 1. The summed E-state index contributed by atoms with van der Waals surface area (Å²) in [6, 6.07) is 7.76. The number of carboxylic acid groups (broad SMARTS) is 1. The zero-order valence-corrected chi connectivity index (χ0v) is 22.9. The molecular weight excluding hydrogens is 532 g/mol. The molecule has 12 heteroatoms. The first-order chi connectivity index (χ1) is 19.5. The van der Waals surface area contributed by atoms with Crippen molar-refractivity contribution < 1.29 is 18.7 Å². The fourth-order valence-electron chi connectivity index (χ4n) is 5.25. The van der Waals surface area contributed by atoms with E-state index >= 15 is 0 Å². The van der Waals surface area contributed by atoms with Gasteiger partial charge in [-0.3, -0.25) is 4.98 Å². The van der Waals surface area contributed by atoms with Crippen LogP contribution in [0.5, 0.6) is 0 Å². The standard InChI is InChI=1S/C29H27F2N7O3/c1-15(2)23-25(16(3)7-8-33-23)38-27-21(11-18(13-32)24(34-27)20-12-19(30)5-6-22(20)31)26(35-28(38)39)37-10-9-36(29(40)41)14-17(37)4/h5-8,11-12,15,17H,9-10,14H2,1-4H3,(H,40,41). The Kier molecular flexibility index (Phi) is 7.13. The third kappa shape index (κ3) is 4.84. The second kappa shape index (κ2) is 10.6. The SMILES string of the molecule is Cc1ccnc(C(C)C)c1-n1c(=O)nc(N2CCN(C(=O)O)CC2C)c2cc(C#N)c(-c3cc(F)ccc3F)nc21. The van der Waals surface area contributed by atoms with Gasteiger partial charge in [0.1, 0.15) is 23.5 Å². The lowest BCUT2D eigenvalue weighted by Crippen LogP contribution is -2.54. The first kappa shape index (κ1) is 27.6. The highest BCUT2D eigenvalue weighted by molar-refractivity contribution is 5.92. The lowest BCUT2D eigenvalue weighted by atomic mass is 10.0. The quantitative estimate of drug-likeness (QED) is 0.384. The molecule has 5 rings (SSSR count). The Balaban J connectivity index is 1.88. The molecule has 0 aliphatic carbocycles. The topological polar surface area (TPSA) is 128 Å². The van der Waals surface area contributed by atoms with Crippen molar-refractivity contribution in [2.45, 2.75) is 39.7 Å². The molecule has 0 radical (unpaired) electrons. The van der Waals surface area contributed by atoms with Crippen LogP contribution in [-0.4, -0.2) is 61.3 Å². The van der Waals surface area contributed by atoms with Crippen LogP contribution in [0.4, 0.5) is 19.4 Å². The van der Waals surface area contributed by atoms with Gasteiger partial charge in [0.05, 0.1) is 28.0 Å². The molecule has 210 valence electrons. The average molecular weight is 560 g/mol. The summed E-state index contributed by atoms with van der Waals surface area (Å²) in [5, 5.41) is 19.9. The molecule has 3 aromatic heterocycles. The summed E-state index contributed by atoms with van der Waals surface area (Å²) in [6.07, 6.45) is 0.592. The van der Waals surface area contributed by atoms with Gasteiger partial charge in [0.25, 0.3) is 0 Å². The molecule has 1 N–H and O–H groups in total. The molecule has 1 fully saturated rings. The minimum Gasteiger partial charge on any atom is -0.465 e. The summed E-state index contributed by atoms with van der Waals surface area (Å²) >= 11 is 0. The van der Waals surface area contributed by atoms with Crippen LogP contribution in [0.2, 0.25) is 0 Å². The van der Waals surface area contributed by atoms with E-state index in [1.54, 1.807) is 17.2 Å². The highest BCUT2D eigenvalue weighted by atomic mass is 19.1. The van der Waals surface area contributed by atoms with Crippen LogP contribution in [0.15, 0.2) is 41.3 Å². The summed E-state index contributed by atoms with van der Waals surface area (Å²) in [5.74, 6) is -1.36. The van der Waals surface area contributed by atoms with Crippen LogP contribution in [0, 0.1) is 29.9 Å². The summed E-state index contributed by atoms with van der Waals surface area (Å²) in [7, 11) is 0. The zero-order chi connectivity index (χ0) is 29.6. The van der Waals surface area contributed by atoms with Gasteiger partial charge < -0.3 is 14.9 Å². The Bertz CT molecular complexity index is 1800. The summed E-state index contributed by atoms with van der Waals surface area (Å²) < 4.78 is 30.5. The first-order valence-corrected chi connectivity index (χ1v) is 13.1. The van der Waals surface area contributed by atoms with Crippen molar-refractivity contribution in [3.8, 4) is 23.0 Å².